The van der Waals surface area contributed by atoms with Crippen LogP contribution in [0.2, 0.25) is 0 Å². The van der Waals surface area contributed by atoms with E-state index in [1.54, 1.807) is 0 Å². The maximum absolute atomic E-state index is 3.48. The van der Waals surface area contributed by atoms with E-state index in [-0.39, 0.29) is 0 Å². The smallest absolute Gasteiger partial charge is 0.0107 e. The summed E-state index contributed by atoms with van der Waals surface area (Å²) in [5, 5.41) is 3.48. The van der Waals surface area contributed by atoms with Crippen LogP contribution < -0.4 is 5.32 Å². The van der Waals surface area contributed by atoms with Crippen molar-refractivity contribution in [1.29, 1.82) is 0 Å². The highest BCUT2D eigenvalue weighted by atomic mass is 15.1. The molecule has 1 N–H and O–H groups in total. The van der Waals surface area contributed by atoms with Crippen LogP contribution in [-0.2, 0) is 0 Å². The van der Waals surface area contributed by atoms with Gasteiger partial charge in [0, 0.05) is 19.6 Å². The average Bonchev–Trinajstić information content (AvgIpc) is 2.26. The van der Waals surface area contributed by atoms with E-state index in [2.05, 4.69) is 36.1 Å². The number of piperidine rings is 1. The van der Waals surface area contributed by atoms with Crippen molar-refractivity contribution in [3.63, 3.8) is 0 Å². The Kier molecular flexibility index (Phi) is 7.01. The van der Waals surface area contributed by atoms with Gasteiger partial charge in [0.25, 0.3) is 0 Å². The molecule has 0 amide bonds. The maximum atomic E-state index is 3.48. The second-order valence-corrected chi connectivity index (χ2v) is 5.30. The van der Waals surface area contributed by atoms with Crippen LogP contribution in [0, 0.1) is 5.92 Å². The molecular formula is C13H29N3. The highest BCUT2D eigenvalue weighted by Crippen LogP contribution is 2.17. The Bertz CT molecular complexity index is 163. The molecule has 0 spiro atoms. The zero-order valence-electron chi connectivity index (χ0n) is 11.3. The van der Waals surface area contributed by atoms with Crippen LogP contribution in [0.1, 0.15) is 26.2 Å². The van der Waals surface area contributed by atoms with Crippen molar-refractivity contribution < 1.29 is 0 Å². The third-order valence-corrected chi connectivity index (χ3v) is 3.36. The van der Waals surface area contributed by atoms with Gasteiger partial charge in [-0.2, -0.15) is 0 Å². The molecular weight excluding hydrogens is 198 g/mol. The lowest BCUT2D eigenvalue weighted by Crippen LogP contribution is -2.40. The normalized spacial score (nSPS) is 19.5. The predicted molar refractivity (Wildman–Crippen MR) is 70.9 cm³/mol. The molecule has 1 fully saturated rings. The molecule has 1 saturated heterocycles. The number of likely N-dealkylation sites (tertiary alicyclic amines) is 1. The summed E-state index contributed by atoms with van der Waals surface area (Å²) in [5.74, 6) is 0.926. The van der Waals surface area contributed by atoms with Gasteiger partial charge in [0.05, 0.1) is 0 Å². The van der Waals surface area contributed by atoms with Gasteiger partial charge < -0.3 is 15.1 Å². The third kappa shape index (κ3) is 5.83. The predicted octanol–water partition coefficient (Wildman–Crippen LogP) is 1.26. The molecule has 0 saturated carbocycles. The van der Waals surface area contributed by atoms with Crippen molar-refractivity contribution in [2.45, 2.75) is 26.2 Å². The topological polar surface area (TPSA) is 18.5 Å². The van der Waals surface area contributed by atoms with E-state index in [1.165, 1.54) is 45.4 Å². The SMILES string of the molecule is CCCNCCN1CCC(CN(C)C)CC1. The average molecular weight is 227 g/mol. The zero-order chi connectivity index (χ0) is 11.8. The van der Waals surface area contributed by atoms with Gasteiger partial charge in [0.1, 0.15) is 0 Å². The van der Waals surface area contributed by atoms with Crippen LogP contribution in [0.4, 0.5) is 0 Å². The minimum Gasteiger partial charge on any atom is -0.315 e. The standard InChI is InChI=1S/C13H29N3/c1-4-7-14-8-11-16-9-5-13(6-10-16)12-15(2)3/h13-14H,4-12H2,1-3H3. The largest absolute Gasteiger partial charge is 0.315 e. The molecule has 3 nitrogen and oxygen atoms in total. The number of hydrogen-bond acceptors (Lipinski definition) is 3. The third-order valence-electron chi connectivity index (χ3n) is 3.36. The Morgan fingerprint density at radius 1 is 1.19 bits per heavy atom. The second-order valence-electron chi connectivity index (χ2n) is 5.30. The summed E-state index contributed by atoms with van der Waals surface area (Å²) in [5.41, 5.74) is 0. The molecule has 0 aromatic rings. The van der Waals surface area contributed by atoms with Crippen LogP contribution >= 0.6 is 0 Å². The fraction of sp³-hybridized carbons (Fsp3) is 1.00. The van der Waals surface area contributed by atoms with E-state index in [0.29, 0.717) is 0 Å². The highest BCUT2D eigenvalue weighted by Gasteiger charge is 2.18. The lowest BCUT2D eigenvalue weighted by molar-refractivity contribution is 0.163. The Morgan fingerprint density at radius 2 is 1.88 bits per heavy atom. The van der Waals surface area contributed by atoms with Gasteiger partial charge in [-0.1, -0.05) is 6.92 Å². The first-order valence-corrected chi connectivity index (χ1v) is 6.80. The van der Waals surface area contributed by atoms with Crippen molar-refractivity contribution in [1.82, 2.24) is 15.1 Å². The Labute approximate surface area is 101 Å². The molecule has 0 unspecified atom stereocenters. The van der Waals surface area contributed by atoms with Crippen LogP contribution in [0.15, 0.2) is 0 Å². The van der Waals surface area contributed by atoms with E-state index in [1.807, 2.05) is 0 Å². The maximum Gasteiger partial charge on any atom is 0.0107 e. The van der Waals surface area contributed by atoms with Gasteiger partial charge in [0.15, 0.2) is 0 Å². The van der Waals surface area contributed by atoms with Gasteiger partial charge in [0.2, 0.25) is 0 Å². The fourth-order valence-electron chi connectivity index (χ4n) is 2.45. The minimum absolute atomic E-state index is 0.926. The Balaban J connectivity index is 2.03. The molecule has 0 bridgehead atoms. The van der Waals surface area contributed by atoms with Gasteiger partial charge >= 0.3 is 0 Å². The molecule has 3 heteroatoms. The van der Waals surface area contributed by atoms with Crippen molar-refractivity contribution in [2.75, 3.05) is 53.4 Å². The first-order valence-electron chi connectivity index (χ1n) is 6.80. The lowest BCUT2D eigenvalue weighted by Gasteiger charge is -2.33. The van der Waals surface area contributed by atoms with Crippen LogP contribution in [0.25, 0.3) is 0 Å². The summed E-state index contributed by atoms with van der Waals surface area (Å²) in [6.45, 7) is 9.64. The quantitative estimate of drug-likeness (QED) is 0.661. The van der Waals surface area contributed by atoms with E-state index in [9.17, 15) is 0 Å². The first-order chi connectivity index (χ1) is 7.72. The molecule has 96 valence electrons. The summed E-state index contributed by atoms with van der Waals surface area (Å²) in [6, 6.07) is 0. The molecule has 1 aliphatic rings. The van der Waals surface area contributed by atoms with Crippen LogP contribution in [-0.4, -0.2) is 63.2 Å². The highest BCUT2D eigenvalue weighted by molar-refractivity contribution is 4.74. The first kappa shape index (κ1) is 13.9. The molecule has 16 heavy (non-hydrogen) atoms. The number of nitrogens with one attached hydrogen (secondary N) is 1. The lowest BCUT2D eigenvalue weighted by atomic mass is 9.96. The molecule has 0 atom stereocenters. The Morgan fingerprint density at radius 3 is 2.44 bits per heavy atom. The molecule has 0 radical (unpaired) electrons. The molecule has 0 aliphatic carbocycles. The summed E-state index contributed by atoms with van der Waals surface area (Å²) < 4.78 is 0. The summed E-state index contributed by atoms with van der Waals surface area (Å²) in [7, 11) is 4.36. The number of hydrogen-bond donors (Lipinski definition) is 1. The number of rotatable bonds is 7. The van der Waals surface area contributed by atoms with Gasteiger partial charge in [-0.15, -0.1) is 0 Å². The van der Waals surface area contributed by atoms with E-state index >= 15 is 0 Å². The van der Waals surface area contributed by atoms with Crippen molar-refractivity contribution >= 4 is 0 Å². The van der Waals surface area contributed by atoms with Gasteiger partial charge in [-0.05, 0) is 58.9 Å². The second kappa shape index (κ2) is 8.04. The minimum atomic E-state index is 0.926. The van der Waals surface area contributed by atoms with Crippen molar-refractivity contribution in [2.24, 2.45) is 5.92 Å². The Hall–Kier alpha value is -0.120. The summed E-state index contributed by atoms with van der Waals surface area (Å²) in [4.78, 5) is 4.93. The molecule has 1 rings (SSSR count). The fourth-order valence-corrected chi connectivity index (χ4v) is 2.45. The molecule has 1 heterocycles. The van der Waals surface area contributed by atoms with Gasteiger partial charge in [-0.25, -0.2) is 0 Å². The van der Waals surface area contributed by atoms with E-state index in [0.717, 1.165) is 19.0 Å². The van der Waals surface area contributed by atoms with Crippen LogP contribution in [0.5, 0.6) is 0 Å². The monoisotopic (exact) mass is 227 g/mol. The van der Waals surface area contributed by atoms with E-state index in [4.69, 9.17) is 0 Å². The molecule has 1 aliphatic heterocycles. The van der Waals surface area contributed by atoms with Crippen molar-refractivity contribution in [3.05, 3.63) is 0 Å². The van der Waals surface area contributed by atoms with Gasteiger partial charge in [-0.3, -0.25) is 0 Å². The summed E-state index contributed by atoms with van der Waals surface area (Å²) >= 11 is 0. The molecule has 0 aromatic heterocycles. The van der Waals surface area contributed by atoms with E-state index < -0.39 is 0 Å². The zero-order valence-corrected chi connectivity index (χ0v) is 11.3. The molecule has 0 aromatic carbocycles. The van der Waals surface area contributed by atoms with Crippen molar-refractivity contribution in [3.8, 4) is 0 Å². The summed E-state index contributed by atoms with van der Waals surface area (Å²) in [6.07, 6.45) is 4.00. The van der Waals surface area contributed by atoms with Crippen LogP contribution in [0.3, 0.4) is 0 Å². The number of nitrogens with zero attached hydrogens (tertiary/aromatic N) is 2.